The summed E-state index contributed by atoms with van der Waals surface area (Å²) in [5.74, 6) is 0.179. The van der Waals surface area contributed by atoms with E-state index in [0.717, 1.165) is 20.9 Å². The lowest BCUT2D eigenvalue weighted by Crippen LogP contribution is -2.50. The predicted molar refractivity (Wildman–Crippen MR) is 122 cm³/mol. The average molecular weight is 526 g/mol. The molecule has 2 amide bonds. The minimum atomic E-state index is -0.617. The van der Waals surface area contributed by atoms with Crippen LogP contribution in [0.25, 0.3) is 0 Å². The minimum Gasteiger partial charge on any atom is -0.484 e. The van der Waals surface area contributed by atoms with Gasteiger partial charge in [0, 0.05) is 21.5 Å². The molecule has 0 spiro atoms. The van der Waals surface area contributed by atoms with Crippen molar-refractivity contribution in [3.8, 4) is 5.75 Å². The molecule has 0 aliphatic heterocycles. The van der Waals surface area contributed by atoms with Gasteiger partial charge in [0.25, 0.3) is 5.91 Å². The maximum Gasteiger partial charge on any atom is 0.261 e. The molecule has 0 bridgehead atoms. The van der Waals surface area contributed by atoms with Crippen LogP contribution in [0.1, 0.15) is 32.8 Å². The van der Waals surface area contributed by atoms with Crippen molar-refractivity contribution < 1.29 is 14.3 Å². The van der Waals surface area contributed by atoms with Gasteiger partial charge in [-0.1, -0.05) is 50.9 Å². The van der Waals surface area contributed by atoms with Crippen LogP contribution < -0.4 is 10.1 Å². The Morgan fingerprint density at radius 3 is 2.10 bits per heavy atom. The summed E-state index contributed by atoms with van der Waals surface area (Å²) in [5, 5.41) is 2.95. The molecule has 0 saturated carbocycles. The average Bonchev–Trinajstić information content (AvgIpc) is 2.72. The van der Waals surface area contributed by atoms with Crippen LogP contribution in [0.2, 0.25) is 0 Å². The zero-order valence-corrected chi connectivity index (χ0v) is 20.0. The van der Waals surface area contributed by atoms with E-state index in [1.165, 1.54) is 0 Å². The van der Waals surface area contributed by atoms with E-state index in [2.05, 4.69) is 37.2 Å². The number of hydrogen-bond acceptors (Lipinski definition) is 3. The Kier molecular flexibility index (Phi) is 9.17. The number of nitrogens with one attached hydrogen (secondary N) is 1. The number of rotatable bonds is 9. The third-order valence-electron chi connectivity index (χ3n) is 4.61. The highest BCUT2D eigenvalue weighted by Crippen LogP contribution is 2.17. The lowest BCUT2D eigenvalue weighted by atomic mass is 10.1. The standard InChI is InChI=1S/C22H26Br2N2O3/c1-4-15(2)25-22(28)16(3)26(13-17-5-7-18(23)8-6-17)21(27)14-29-20-11-9-19(24)10-12-20/h5-12,15-16H,4,13-14H2,1-3H3,(H,25,28)/t15-,16-/m1/s1. The summed E-state index contributed by atoms with van der Waals surface area (Å²) in [5.41, 5.74) is 0.938. The van der Waals surface area contributed by atoms with E-state index in [0.29, 0.717) is 12.3 Å². The van der Waals surface area contributed by atoms with Gasteiger partial charge < -0.3 is 15.0 Å². The molecule has 1 N–H and O–H groups in total. The van der Waals surface area contributed by atoms with Gasteiger partial charge in [0.1, 0.15) is 11.8 Å². The van der Waals surface area contributed by atoms with E-state index in [9.17, 15) is 9.59 Å². The first-order chi connectivity index (χ1) is 13.8. The molecule has 2 aromatic rings. The normalized spacial score (nSPS) is 12.7. The fourth-order valence-corrected chi connectivity index (χ4v) is 3.12. The van der Waals surface area contributed by atoms with Crippen molar-refractivity contribution in [3.63, 3.8) is 0 Å². The molecule has 29 heavy (non-hydrogen) atoms. The van der Waals surface area contributed by atoms with E-state index in [1.807, 2.05) is 50.2 Å². The van der Waals surface area contributed by atoms with Crippen LogP contribution in [0.15, 0.2) is 57.5 Å². The predicted octanol–water partition coefficient (Wildman–Crippen LogP) is 4.92. The second kappa shape index (κ2) is 11.4. The van der Waals surface area contributed by atoms with Crippen LogP contribution in [0.4, 0.5) is 0 Å². The lowest BCUT2D eigenvalue weighted by molar-refractivity contribution is -0.142. The molecular formula is C22H26Br2N2O3. The number of hydrogen-bond donors (Lipinski definition) is 1. The monoisotopic (exact) mass is 524 g/mol. The van der Waals surface area contributed by atoms with Gasteiger partial charge in [-0.2, -0.15) is 0 Å². The van der Waals surface area contributed by atoms with Gasteiger partial charge in [0.2, 0.25) is 5.91 Å². The Morgan fingerprint density at radius 2 is 1.55 bits per heavy atom. The zero-order chi connectivity index (χ0) is 21.4. The van der Waals surface area contributed by atoms with Gasteiger partial charge in [0.15, 0.2) is 6.61 Å². The molecule has 156 valence electrons. The third-order valence-corrected chi connectivity index (χ3v) is 5.67. The number of halogens is 2. The summed E-state index contributed by atoms with van der Waals surface area (Å²) < 4.78 is 7.53. The fourth-order valence-electron chi connectivity index (χ4n) is 2.59. The highest BCUT2D eigenvalue weighted by atomic mass is 79.9. The number of benzene rings is 2. The van der Waals surface area contributed by atoms with Crippen LogP contribution in [0.5, 0.6) is 5.75 Å². The molecule has 0 aromatic heterocycles. The fraction of sp³-hybridized carbons (Fsp3) is 0.364. The van der Waals surface area contributed by atoms with E-state index in [4.69, 9.17) is 4.74 Å². The number of amides is 2. The summed E-state index contributed by atoms with van der Waals surface area (Å²) in [6.45, 7) is 5.88. The highest BCUT2D eigenvalue weighted by Gasteiger charge is 2.27. The Labute approximate surface area is 189 Å². The van der Waals surface area contributed by atoms with E-state index in [1.54, 1.807) is 24.0 Å². The van der Waals surface area contributed by atoms with Crippen molar-refractivity contribution in [2.24, 2.45) is 0 Å². The largest absolute Gasteiger partial charge is 0.484 e. The maximum atomic E-state index is 13.0. The molecule has 2 aromatic carbocycles. The Hall–Kier alpha value is -1.86. The van der Waals surface area contributed by atoms with Crippen LogP contribution in [0.3, 0.4) is 0 Å². The maximum absolute atomic E-state index is 13.0. The second-order valence-corrected chi connectivity index (χ2v) is 8.72. The van der Waals surface area contributed by atoms with Gasteiger partial charge in [-0.3, -0.25) is 9.59 Å². The Morgan fingerprint density at radius 1 is 1.00 bits per heavy atom. The summed E-state index contributed by atoms with van der Waals surface area (Å²) >= 11 is 6.79. The summed E-state index contributed by atoms with van der Waals surface area (Å²) in [4.78, 5) is 27.2. The SMILES string of the molecule is CC[C@@H](C)NC(=O)[C@@H](C)N(Cc1ccc(Br)cc1)C(=O)COc1ccc(Br)cc1. The van der Waals surface area contributed by atoms with Crippen molar-refractivity contribution in [2.45, 2.75) is 45.8 Å². The summed E-state index contributed by atoms with van der Waals surface area (Å²) in [7, 11) is 0. The molecule has 0 unspecified atom stereocenters. The first-order valence-electron chi connectivity index (χ1n) is 9.52. The molecule has 0 saturated heterocycles. The number of ether oxygens (including phenoxy) is 1. The Bertz CT molecular complexity index is 810. The smallest absolute Gasteiger partial charge is 0.261 e. The molecule has 0 heterocycles. The van der Waals surface area contributed by atoms with Crippen LogP contribution in [-0.2, 0) is 16.1 Å². The van der Waals surface area contributed by atoms with Crippen molar-refractivity contribution in [1.29, 1.82) is 0 Å². The third kappa shape index (κ3) is 7.48. The highest BCUT2D eigenvalue weighted by molar-refractivity contribution is 9.10. The van der Waals surface area contributed by atoms with Crippen molar-refractivity contribution in [1.82, 2.24) is 10.2 Å². The lowest BCUT2D eigenvalue weighted by Gasteiger charge is -2.29. The molecule has 0 aliphatic carbocycles. The van der Waals surface area contributed by atoms with Gasteiger partial charge >= 0.3 is 0 Å². The van der Waals surface area contributed by atoms with E-state index in [-0.39, 0.29) is 24.5 Å². The van der Waals surface area contributed by atoms with Gasteiger partial charge in [0.05, 0.1) is 0 Å². The quantitative estimate of drug-likeness (QED) is 0.505. The molecule has 0 aliphatic rings. The van der Waals surface area contributed by atoms with Crippen LogP contribution in [-0.4, -0.2) is 35.4 Å². The van der Waals surface area contributed by atoms with Crippen LogP contribution >= 0.6 is 31.9 Å². The molecule has 5 nitrogen and oxygen atoms in total. The molecule has 7 heteroatoms. The van der Waals surface area contributed by atoms with Crippen molar-refractivity contribution in [3.05, 3.63) is 63.0 Å². The van der Waals surface area contributed by atoms with Crippen molar-refractivity contribution in [2.75, 3.05) is 6.61 Å². The first kappa shape index (κ1) is 23.4. The van der Waals surface area contributed by atoms with Gasteiger partial charge in [-0.05, 0) is 62.2 Å². The number of carbonyl (C=O) groups is 2. The molecule has 0 fully saturated rings. The molecule has 2 atom stereocenters. The number of nitrogens with zero attached hydrogens (tertiary/aromatic N) is 1. The summed E-state index contributed by atoms with van der Waals surface area (Å²) in [6, 6.07) is 14.4. The van der Waals surface area contributed by atoms with Crippen LogP contribution in [0, 0.1) is 0 Å². The zero-order valence-electron chi connectivity index (χ0n) is 16.8. The van der Waals surface area contributed by atoms with Gasteiger partial charge in [-0.15, -0.1) is 0 Å². The Balaban J connectivity index is 2.13. The minimum absolute atomic E-state index is 0.0496. The summed E-state index contributed by atoms with van der Waals surface area (Å²) in [6.07, 6.45) is 0.825. The van der Waals surface area contributed by atoms with Gasteiger partial charge in [-0.25, -0.2) is 0 Å². The second-order valence-electron chi connectivity index (χ2n) is 6.88. The number of carbonyl (C=O) groups excluding carboxylic acids is 2. The first-order valence-corrected chi connectivity index (χ1v) is 11.1. The van der Waals surface area contributed by atoms with E-state index >= 15 is 0 Å². The molecule has 2 rings (SSSR count). The topological polar surface area (TPSA) is 58.6 Å². The van der Waals surface area contributed by atoms with E-state index < -0.39 is 6.04 Å². The molecular weight excluding hydrogens is 500 g/mol. The molecule has 0 radical (unpaired) electrons. The van der Waals surface area contributed by atoms with Crippen molar-refractivity contribution >= 4 is 43.7 Å².